The van der Waals surface area contributed by atoms with E-state index in [4.69, 9.17) is 5.73 Å². The van der Waals surface area contributed by atoms with Crippen molar-refractivity contribution in [3.63, 3.8) is 0 Å². The van der Waals surface area contributed by atoms with Crippen molar-refractivity contribution in [3.8, 4) is 0 Å². The molecular weight excluding hydrogens is 264 g/mol. The lowest BCUT2D eigenvalue weighted by Crippen LogP contribution is -2.33. The molecule has 5 heteroatoms. The van der Waals surface area contributed by atoms with Gasteiger partial charge < -0.3 is 21.3 Å². The predicted molar refractivity (Wildman–Crippen MR) is 89.7 cm³/mol. The van der Waals surface area contributed by atoms with Gasteiger partial charge in [0.1, 0.15) is 0 Å². The molecule has 0 saturated carbocycles. The Morgan fingerprint density at radius 2 is 2.00 bits per heavy atom. The van der Waals surface area contributed by atoms with Gasteiger partial charge in [-0.1, -0.05) is 13.8 Å². The molecule has 0 fully saturated rings. The van der Waals surface area contributed by atoms with Crippen molar-refractivity contribution in [1.29, 1.82) is 0 Å². The molecule has 1 rings (SSSR count). The Balaban J connectivity index is 2.93. The molecule has 0 aromatic heterocycles. The number of nitrogens with zero attached hydrogens (tertiary/aromatic N) is 1. The minimum absolute atomic E-state index is 0.105. The highest BCUT2D eigenvalue weighted by molar-refractivity contribution is 5.96. The Kier molecular flexibility index (Phi) is 6.49. The minimum Gasteiger partial charge on any atom is -0.397 e. The fourth-order valence-electron chi connectivity index (χ4n) is 2.38. The van der Waals surface area contributed by atoms with Gasteiger partial charge >= 0.3 is 0 Å². The largest absolute Gasteiger partial charge is 0.397 e. The van der Waals surface area contributed by atoms with Crippen molar-refractivity contribution in [2.24, 2.45) is 5.92 Å². The van der Waals surface area contributed by atoms with E-state index in [0.717, 1.165) is 18.7 Å². The first-order valence-electron chi connectivity index (χ1n) is 7.36. The van der Waals surface area contributed by atoms with Crippen LogP contribution < -0.4 is 16.4 Å². The number of hydrogen-bond donors (Lipinski definition) is 3. The topological polar surface area (TPSA) is 70.4 Å². The van der Waals surface area contributed by atoms with Crippen LogP contribution >= 0.6 is 0 Å². The number of carbonyl (C=O) groups is 1. The Morgan fingerprint density at radius 1 is 1.33 bits per heavy atom. The Morgan fingerprint density at radius 3 is 2.52 bits per heavy atom. The maximum Gasteiger partial charge on any atom is 0.251 e. The zero-order valence-electron chi connectivity index (χ0n) is 13.7. The fraction of sp³-hybridized carbons (Fsp3) is 0.562. The molecule has 1 unspecified atom stereocenters. The Bertz CT molecular complexity index is 461. The van der Waals surface area contributed by atoms with Gasteiger partial charge in [0.05, 0.1) is 11.4 Å². The predicted octanol–water partition coefficient (Wildman–Crippen LogP) is 2.02. The molecule has 4 N–H and O–H groups in total. The van der Waals surface area contributed by atoms with Gasteiger partial charge in [0, 0.05) is 25.2 Å². The number of nitrogens with one attached hydrogen (secondary N) is 2. The number of nitrogen functional groups attached to an aromatic ring is 1. The number of amides is 1. The lowest BCUT2D eigenvalue weighted by molar-refractivity contribution is 0.0963. The van der Waals surface area contributed by atoms with Crippen LogP contribution in [0.3, 0.4) is 0 Å². The van der Waals surface area contributed by atoms with Gasteiger partial charge in [-0.3, -0.25) is 4.79 Å². The highest BCUT2D eigenvalue weighted by Crippen LogP contribution is 2.22. The van der Waals surface area contributed by atoms with E-state index in [1.54, 1.807) is 19.2 Å². The zero-order chi connectivity index (χ0) is 16.0. The van der Waals surface area contributed by atoms with E-state index in [1.807, 2.05) is 6.07 Å². The van der Waals surface area contributed by atoms with E-state index in [2.05, 4.69) is 43.5 Å². The lowest BCUT2D eigenvalue weighted by atomic mass is 10.0. The summed E-state index contributed by atoms with van der Waals surface area (Å²) >= 11 is 0. The smallest absolute Gasteiger partial charge is 0.251 e. The number of carbonyl (C=O) groups excluding carboxylic acids is 1. The molecule has 118 valence electrons. The molecule has 0 saturated heterocycles. The minimum atomic E-state index is -0.105. The lowest BCUT2D eigenvalue weighted by Gasteiger charge is -2.25. The van der Waals surface area contributed by atoms with Crippen LogP contribution in [-0.2, 0) is 0 Å². The third-order valence-corrected chi connectivity index (χ3v) is 3.24. The molecule has 0 aliphatic carbocycles. The number of anilines is 2. The summed E-state index contributed by atoms with van der Waals surface area (Å²) < 4.78 is 0. The van der Waals surface area contributed by atoms with Crippen LogP contribution in [-0.4, -0.2) is 44.5 Å². The van der Waals surface area contributed by atoms with Crippen molar-refractivity contribution >= 4 is 17.3 Å². The average molecular weight is 292 g/mol. The molecule has 0 heterocycles. The van der Waals surface area contributed by atoms with Gasteiger partial charge in [0.25, 0.3) is 5.91 Å². The number of rotatable bonds is 7. The van der Waals surface area contributed by atoms with Crippen molar-refractivity contribution in [1.82, 2.24) is 10.2 Å². The first-order valence-corrected chi connectivity index (χ1v) is 7.36. The summed E-state index contributed by atoms with van der Waals surface area (Å²) in [6, 6.07) is 5.62. The quantitative estimate of drug-likeness (QED) is 0.672. The molecule has 5 nitrogen and oxygen atoms in total. The van der Waals surface area contributed by atoms with E-state index >= 15 is 0 Å². The molecular formula is C16H28N4O. The number of benzene rings is 1. The molecule has 0 aliphatic rings. The first-order chi connectivity index (χ1) is 9.83. The molecule has 1 aromatic carbocycles. The van der Waals surface area contributed by atoms with Crippen LogP contribution in [0.25, 0.3) is 0 Å². The van der Waals surface area contributed by atoms with Crippen molar-refractivity contribution < 1.29 is 4.79 Å². The molecule has 21 heavy (non-hydrogen) atoms. The molecule has 0 spiro atoms. The van der Waals surface area contributed by atoms with E-state index in [-0.39, 0.29) is 5.91 Å². The second-order valence-corrected chi connectivity index (χ2v) is 6.11. The monoisotopic (exact) mass is 292 g/mol. The summed E-state index contributed by atoms with van der Waals surface area (Å²) in [6.45, 7) is 5.32. The van der Waals surface area contributed by atoms with Gasteiger partial charge in [0.2, 0.25) is 0 Å². The third kappa shape index (κ3) is 5.63. The van der Waals surface area contributed by atoms with Crippen LogP contribution in [0.2, 0.25) is 0 Å². The normalized spacial score (nSPS) is 12.5. The van der Waals surface area contributed by atoms with E-state index in [0.29, 0.717) is 23.2 Å². The second-order valence-electron chi connectivity index (χ2n) is 6.11. The summed E-state index contributed by atoms with van der Waals surface area (Å²) in [5, 5.41) is 6.11. The molecule has 1 amide bonds. The van der Waals surface area contributed by atoms with Gasteiger partial charge in [-0.05, 0) is 44.6 Å². The summed E-state index contributed by atoms with van der Waals surface area (Å²) in [6.07, 6.45) is 1.04. The fourth-order valence-corrected chi connectivity index (χ4v) is 2.38. The average Bonchev–Trinajstić information content (AvgIpc) is 2.38. The van der Waals surface area contributed by atoms with Crippen molar-refractivity contribution in [2.75, 3.05) is 38.7 Å². The second kappa shape index (κ2) is 7.88. The number of nitrogens with two attached hydrogens (primary N) is 1. The molecule has 0 aliphatic heterocycles. The standard InChI is InChI=1S/C16H28N4O/c1-11(2)8-13(10-20(4)5)19-15-9-12(16(21)18-3)6-7-14(15)17/h6-7,9,11,13,19H,8,10,17H2,1-5H3,(H,18,21). The molecule has 1 aromatic rings. The highest BCUT2D eigenvalue weighted by atomic mass is 16.1. The van der Waals surface area contributed by atoms with Crippen LogP contribution in [0.4, 0.5) is 11.4 Å². The molecule has 0 bridgehead atoms. The van der Waals surface area contributed by atoms with E-state index in [9.17, 15) is 4.79 Å². The van der Waals surface area contributed by atoms with Crippen LogP contribution in [0, 0.1) is 5.92 Å². The Hall–Kier alpha value is -1.75. The van der Waals surface area contributed by atoms with Gasteiger partial charge in [-0.15, -0.1) is 0 Å². The SMILES string of the molecule is CNC(=O)c1ccc(N)c(NC(CC(C)C)CN(C)C)c1. The number of likely N-dealkylation sites (N-methyl/N-ethyl adjacent to an activating group) is 1. The van der Waals surface area contributed by atoms with Crippen molar-refractivity contribution in [2.45, 2.75) is 26.3 Å². The molecule has 1 atom stereocenters. The Labute approximate surface area is 127 Å². The number of hydrogen-bond acceptors (Lipinski definition) is 4. The van der Waals surface area contributed by atoms with Crippen molar-refractivity contribution in [3.05, 3.63) is 23.8 Å². The van der Waals surface area contributed by atoms with Gasteiger partial charge in [-0.25, -0.2) is 0 Å². The third-order valence-electron chi connectivity index (χ3n) is 3.24. The van der Waals surface area contributed by atoms with Gasteiger partial charge in [0.15, 0.2) is 0 Å². The summed E-state index contributed by atoms with van der Waals surface area (Å²) in [4.78, 5) is 13.9. The maximum absolute atomic E-state index is 11.7. The van der Waals surface area contributed by atoms with Crippen LogP contribution in [0.1, 0.15) is 30.6 Å². The van der Waals surface area contributed by atoms with Gasteiger partial charge in [-0.2, -0.15) is 0 Å². The molecule has 0 radical (unpaired) electrons. The summed E-state index contributed by atoms with van der Waals surface area (Å²) in [7, 11) is 5.73. The van der Waals surface area contributed by atoms with Crippen LogP contribution in [0.5, 0.6) is 0 Å². The summed E-state index contributed by atoms with van der Waals surface area (Å²) in [5.74, 6) is 0.483. The highest BCUT2D eigenvalue weighted by Gasteiger charge is 2.14. The van der Waals surface area contributed by atoms with Crippen LogP contribution in [0.15, 0.2) is 18.2 Å². The zero-order valence-corrected chi connectivity index (χ0v) is 13.7. The van der Waals surface area contributed by atoms with E-state index in [1.165, 1.54) is 0 Å². The van der Waals surface area contributed by atoms with E-state index < -0.39 is 0 Å². The maximum atomic E-state index is 11.7. The first kappa shape index (κ1) is 17.3. The summed E-state index contributed by atoms with van der Waals surface area (Å²) in [5.41, 5.74) is 8.13.